The van der Waals surface area contributed by atoms with Crippen molar-refractivity contribution in [1.82, 2.24) is 14.9 Å². The Morgan fingerprint density at radius 3 is 2.83 bits per heavy atom. The molecule has 120 valence electrons. The molecule has 1 saturated heterocycles. The van der Waals surface area contributed by atoms with E-state index in [0.29, 0.717) is 6.54 Å². The fraction of sp³-hybridized carbons (Fsp3) is 0.375. The van der Waals surface area contributed by atoms with E-state index in [2.05, 4.69) is 21.7 Å². The second-order valence-corrected chi connectivity index (χ2v) is 7.31. The number of aromatic nitrogens is 2. The number of thiophene rings is 2. The minimum atomic E-state index is 0.0793. The number of nitrogens with one attached hydrogen (secondary N) is 1. The summed E-state index contributed by atoms with van der Waals surface area (Å²) in [5.74, 6) is 0.811. The van der Waals surface area contributed by atoms with Gasteiger partial charge in [0.15, 0.2) is 0 Å². The van der Waals surface area contributed by atoms with Gasteiger partial charge in [-0.3, -0.25) is 9.36 Å². The van der Waals surface area contributed by atoms with E-state index in [4.69, 9.17) is 4.98 Å². The van der Waals surface area contributed by atoms with Crippen LogP contribution in [0.15, 0.2) is 27.7 Å². The fourth-order valence-corrected chi connectivity index (χ4v) is 4.77. The molecule has 1 aliphatic heterocycles. The molecule has 3 aromatic rings. The summed E-state index contributed by atoms with van der Waals surface area (Å²) < 4.78 is 1.82. The maximum absolute atomic E-state index is 13.1. The van der Waals surface area contributed by atoms with E-state index in [1.54, 1.807) is 22.7 Å². The SMILES string of the molecule is CCn1c(N2CCNCC2)nc2scc(-c3cccs3)c2c1=O. The first-order valence-corrected chi connectivity index (χ1v) is 9.57. The Morgan fingerprint density at radius 1 is 1.30 bits per heavy atom. The monoisotopic (exact) mass is 346 g/mol. The third-order valence-electron chi connectivity index (χ3n) is 4.18. The van der Waals surface area contributed by atoms with Gasteiger partial charge in [0.05, 0.1) is 5.39 Å². The van der Waals surface area contributed by atoms with Crippen LogP contribution in [-0.4, -0.2) is 35.7 Å². The van der Waals surface area contributed by atoms with Crippen molar-refractivity contribution in [3.63, 3.8) is 0 Å². The molecule has 0 unspecified atom stereocenters. The van der Waals surface area contributed by atoms with Crippen LogP contribution in [0.4, 0.5) is 5.95 Å². The molecule has 1 N–H and O–H groups in total. The molecule has 7 heteroatoms. The van der Waals surface area contributed by atoms with Crippen molar-refractivity contribution < 1.29 is 0 Å². The van der Waals surface area contributed by atoms with Gasteiger partial charge in [-0.25, -0.2) is 4.98 Å². The highest BCUT2D eigenvalue weighted by Gasteiger charge is 2.21. The van der Waals surface area contributed by atoms with Crippen LogP contribution in [-0.2, 0) is 6.54 Å². The molecule has 0 amide bonds. The number of piperazine rings is 1. The Hall–Kier alpha value is -1.70. The van der Waals surface area contributed by atoms with Crippen LogP contribution in [0.5, 0.6) is 0 Å². The van der Waals surface area contributed by atoms with Crippen LogP contribution >= 0.6 is 22.7 Å². The molecular weight excluding hydrogens is 328 g/mol. The van der Waals surface area contributed by atoms with Gasteiger partial charge in [-0.05, 0) is 18.4 Å². The minimum absolute atomic E-state index is 0.0793. The molecule has 1 fully saturated rings. The molecule has 0 aliphatic carbocycles. The van der Waals surface area contributed by atoms with E-state index < -0.39 is 0 Å². The van der Waals surface area contributed by atoms with Crippen molar-refractivity contribution in [3.05, 3.63) is 33.2 Å². The molecule has 5 nitrogen and oxygen atoms in total. The molecule has 0 spiro atoms. The summed E-state index contributed by atoms with van der Waals surface area (Å²) in [5.41, 5.74) is 1.10. The van der Waals surface area contributed by atoms with E-state index in [9.17, 15) is 4.79 Å². The number of nitrogens with zero attached hydrogens (tertiary/aromatic N) is 3. The lowest BCUT2D eigenvalue weighted by Gasteiger charge is -2.29. The van der Waals surface area contributed by atoms with Gasteiger partial charge in [-0.2, -0.15) is 0 Å². The predicted molar refractivity (Wildman–Crippen MR) is 97.9 cm³/mol. The Morgan fingerprint density at radius 2 is 2.13 bits per heavy atom. The highest BCUT2D eigenvalue weighted by molar-refractivity contribution is 7.18. The summed E-state index contributed by atoms with van der Waals surface area (Å²) in [5, 5.41) is 8.21. The number of anilines is 1. The second kappa shape index (κ2) is 6.07. The average Bonchev–Trinajstić information content (AvgIpc) is 3.24. The van der Waals surface area contributed by atoms with Gasteiger partial charge in [0.1, 0.15) is 4.83 Å². The van der Waals surface area contributed by atoms with Crippen LogP contribution < -0.4 is 15.8 Å². The Kier molecular flexibility index (Phi) is 3.92. The topological polar surface area (TPSA) is 50.2 Å². The van der Waals surface area contributed by atoms with E-state index in [1.807, 2.05) is 22.9 Å². The molecule has 0 atom stereocenters. The van der Waals surface area contributed by atoms with Crippen LogP contribution in [0.1, 0.15) is 6.92 Å². The highest BCUT2D eigenvalue weighted by Crippen LogP contribution is 2.34. The van der Waals surface area contributed by atoms with Crippen molar-refractivity contribution in [2.75, 3.05) is 31.1 Å². The number of fused-ring (bicyclic) bond motifs is 1. The summed E-state index contributed by atoms with van der Waals surface area (Å²) in [4.78, 5) is 22.1. The summed E-state index contributed by atoms with van der Waals surface area (Å²) >= 11 is 3.23. The molecule has 1 aliphatic rings. The summed E-state index contributed by atoms with van der Waals surface area (Å²) in [7, 11) is 0. The van der Waals surface area contributed by atoms with Gasteiger partial charge in [0, 0.05) is 48.5 Å². The molecule has 4 heterocycles. The van der Waals surface area contributed by atoms with Crippen LogP contribution in [0, 0.1) is 0 Å². The molecule has 0 bridgehead atoms. The fourth-order valence-electron chi connectivity index (χ4n) is 3.02. The largest absolute Gasteiger partial charge is 0.340 e. The first-order chi connectivity index (χ1) is 11.3. The van der Waals surface area contributed by atoms with Gasteiger partial charge >= 0.3 is 0 Å². The van der Waals surface area contributed by atoms with Crippen molar-refractivity contribution in [1.29, 1.82) is 0 Å². The van der Waals surface area contributed by atoms with Crippen molar-refractivity contribution in [3.8, 4) is 10.4 Å². The van der Waals surface area contributed by atoms with Crippen molar-refractivity contribution in [2.24, 2.45) is 0 Å². The smallest absolute Gasteiger partial charge is 0.264 e. The van der Waals surface area contributed by atoms with E-state index in [-0.39, 0.29) is 5.56 Å². The zero-order valence-electron chi connectivity index (χ0n) is 12.9. The standard InChI is InChI=1S/C16H18N4OS2/c1-2-20-15(21)13-11(12-4-3-9-22-12)10-23-14(13)18-16(20)19-7-5-17-6-8-19/h3-4,9-10,17H,2,5-8H2,1H3. The molecule has 0 aromatic carbocycles. The van der Waals surface area contributed by atoms with Crippen LogP contribution in [0.2, 0.25) is 0 Å². The maximum Gasteiger partial charge on any atom is 0.264 e. The third-order valence-corrected chi connectivity index (χ3v) is 5.95. The second-order valence-electron chi connectivity index (χ2n) is 5.51. The molecule has 0 radical (unpaired) electrons. The Balaban J connectivity index is 1.92. The predicted octanol–water partition coefficient (Wildman–Crippen LogP) is 2.62. The summed E-state index contributed by atoms with van der Waals surface area (Å²) in [6.07, 6.45) is 0. The van der Waals surface area contributed by atoms with Crippen LogP contribution in [0.3, 0.4) is 0 Å². The summed E-state index contributed by atoms with van der Waals surface area (Å²) in [6.45, 7) is 6.30. The summed E-state index contributed by atoms with van der Waals surface area (Å²) in [6, 6.07) is 4.08. The lowest BCUT2D eigenvalue weighted by Crippen LogP contribution is -2.46. The highest BCUT2D eigenvalue weighted by atomic mass is 32.1. The molecule has 3 aromatic heterocycles. The molecule has 23 heavy (non-hydrogen) atoms. The third kappa shape index (κ3) is 2.49. The minimum Gasteiger partial charge on any atom is -0.340 e. The van der Waals surface area contributed by atoms with E-state index in [0.717, 1.165) is 52.8 Å². The maximum atomic E-state index is 13.1. The zero-order chi connectivity index (χ0) is 15.8. The zero-order valence-corrected chi connectivity index (χ0v) is 14.5. The quantitative estimate of drug-likeness (QED) is 0.792. The Labute approximate surface area is 142 Å². The van der Waals surface area contributed by atoms with E-state index in [1.165, 1.54) is 0 Å². The number of hydrogen-bond donors (Lipinski definition) is 1. The number of hydrogen-bond acceptors (Lipinski definition) is 6. The average molecular weight is 346 g/mol. The van der Waals surface area contributed by atoms with Crippen LogP contribution in [0.25, 0.3) is 20.7 Å². The lowest BCUT2D eigenvalue weighted by molar-refractivity contribution is 0.561. The molecule has 0 saturated carbocycles. The van der Waals surface area contributed by atoms with Gasteiger partial charge in [0.2, 0.25) is 5.95 Å². The van der Waals surface area contributed by atoms with Gasteiger partial charge in [-0.15, -0.1) is 22.7 Å². The normalized spacial score (nSPS) is 15.4. The van der Waals surface area contributed by atoms with Gasteiger partial charge < -0.3 is 10.2 Å². The lowest BCUT2D eigenvalue weighted by atomic mass is 10.2. The van der Waals surface area contributed by atoms with Gasteiger partial charge in [-0.1, -0.05) is 6.07 Å². The first kappa shape index (κ1) is 14.9. The molecule has 4 rings (SSSR count). The van der Waals surface area contributed by atoms with Gasteiger partial charge in [0.25, 0.3) is 5.56 Å². The number of rotatable bonds is 3. The van der Waals surface area contributed by atoms with Crippen molar-refractivity contribution >= 4 is 38.8 Å². The molecular formula is C16H18N4OS2. The van der Waals surface area contributed by atoms with Crippen molar-refractivity contribution in [2.45, 2.75) is 13.5 Å². The first-order valence-electron chi connectivity index (χ1n) is 7.81. The van der Waals surface area contributed by atoms with E-state index >= 15 is 0 Å². The Bertz CT molecular complexity index is 876.